The summed E-state index contributed by atoms with van der Waals surface area (Å²) in [5.41, 5.74) is -0.738. The van der Waals surface area contributed by atoms with Gasteiger partial charge in [0.2, 0.25) is 0 Å². The van der Waals surface area contributed by atoms with Crippen LogP contribution in [0.1, 0.15) is 12.6 Å². The highest BCUT2D eigenvalue weighted by atomic mass is 16.5. The van der Waals surface area contributed by atoms with Crippen LogP contribution >= 0.6 is 0 Å². The molecule has 1 aromatic heterocycles. The minimum Gasteiger partial charge on any atom is -0.467 e. The Hall–Kier alpha value is -1.53. The van der Waals surface area contributed by atoms with Crippen molar-refractivity contribution in [2.24, 2.45) is 0 Å². The number of aromatic nitrogens is 2. The second-order valence-corrected chi connectivity index (χ2v) is 3.57. The zero-order valence-corrected chi connectivity index (χ0v) is 9.30. The monoisotopic (exact) mass is 225 g/mol. The summed E-state index contributed by atoms with van der Waals surface area (Å²) in [4.78, 5) is 18.9. The molecule has 0 aliphatic rings. The van der Waals surface area contributed by atoms with Gasteiger partial charge in [-0.15, -0.1) is 0 Å². The first-order chi connectivity index (χ1) is 7.56. The average molecular weight is 225 g/mol. The number of nitrogens with zero attached hydrogens (tertiary/aromatic N) is 2. The number of ether oxygens (including phenoxy) is 1. The van der Waals surface area contributed by atoms with Crippen LogP contribution < -0.4 is 5.32 Å². The Balaban J connectivity index is 2.38. The Morgan fingerprint density at radius 3 is 3.00 bits per heavy atom. The topological polar surface area (TPSA) is 84.3 Å². The maximum absolute atomic E-state index is 11.1. The maximum Gasteiger partial charge on any atom is 0.338 e. The van der Waals surface area contributed by atoms with E-state index in [1.165, 1.54) is 20.4 Å². The smallest absolute Gasteiger partial charge is 0.338 e. The largest absolute Gasteiger partial charge is 0.467 e. The lowest BCUT2D eigenvalue weighted by Crippen LogP contribution is -2.45. The average Bonchev–Trinajstić information content (AvgIpc) is 2.29. The molecule has 1 aromatic rings. The molecule has 6 nitrogen and oxygen atoms in total. The van der Waals surface area contributed by atoms with Crippen molar-refractivity contribution in [1.29, 1.82) is 0 Å². The van der Waals surface area contributed by atoms with Crippen LogP contribution in [-0.4, -0.2) is 40.3 Å². The highest BCUT2D eigenvalue weighted by Gasteiger charge is 2.30. The van der Waals surface area contributed by atoms with Crippen LogP contribution in [0.25, 0.3) is 0 Å². The van der Waals surface area contributed by atoms with Gasteiger partial charge in [0.15, 0.2) is 5.60 Å². The SMILES string of the molecule is COC(=O)C(C)(O)CNCc1ccncn1. The number of nitrogens with one attached hydrogen (secondary N) is 1. The first kappa shape index (κ1) is 12.5. The molecule has 1 rings (SSSR count). The molecule has 0 aliphatic carbocycles. The highest BCUT2D eigenvalue weighted by molar-refractivity contribution is 5.78. The third kappa shape index (κ3) is 3.56. The molecule has 0 aromatic carbocycles. The van der Waals surface area contributed by atoms with Crippen molar-refractivity contribution >= 4 is 5.97 Å². The van der Waals surface area contributed by atoms with E-state index in [0.717, 1.165) is 5.69 Å². The molecule has 0 fully saturated rings. The molecule has 0 radical (unpaired) electrons. The molecular formula is C10H15N3O3. The Bertz CT molecular complexity index is 340. The van der Waals surface area contributed by atoms with Crippen molar-refractivity contribution in [1.82, 2.24) is 15.3 Å². The molecule has 2 N–H and O–H groups in total. The fourth-order valence-corrected chi connectivity index (χ4v) is 1.15. The normalized spacial score (nSPS) is 14.2. The summed E-state index contributed by atoms with van der Waals surface area (Å²) in [6.07, 6.45) is 3.07. The first-order valence-electron chi connectivity index (χ1n) is 4.82. The second-order valence-electron chi connectivity index (χ2n) is 3.57. The van der Waals surface area contributed by atoms with E-state index in [-0.39, 0.29) is 6.54 Å². The molecule has 0 spiro atoms. The summed E-state index contributed by atoms with van der Waals surface area (Å²) in [6, 6.07) is 1.75. The Kier molecular flexibility index (Phi) is 4.33. The lowest BCUT2D eigenvalue weighted by molar-refractivity contribution is -0.159. The number of methoxy groups -OCH3 is 1. The van der Waals surface area contributed by atoms with Crippen LogP contribution in [0.5, 0.6) is 0 Å². The minimum absolute atomic E-state index is 0.101. The van der Waals surface area contributed by atoms with Gasteiger partial charge >= 0.3 is 5.97 Å². The molecule has 1 heterocycles. The van der Waals surface area contributed by atoms with Gasteiger partial charge in [-0.3, -0.25) is 0 Å². The maximum atomic E-state index is 11.1. The number of carbonyl (C=O) groups is 1. The number of aliphatic hydroxyl groups is 1. The van der Waals surface area contributed by atoms with Gasteiger partial charge in [-0.25, -0.2) is 14.8 Å². The van der Waals surface area contributed by atoms with E-state index in [4.69, 9.17) is 0 Å². The quantitative estimate of drug-likeness (QED) is 0.657. The molecule has 0 saturated carbocycles. The molecule has 0 bridgehead atoms. The standard InChI is InChI=1S/C10H15N3O3/c1-10(15,9(14)16-2)6-12-5-8-3-4-11-7-13-8/h3-4,7,12,15H,5-6H2,1-2H3. The number of esters is 1. The summed E-state index contributed by atoms with van der Waals surface area (Å²) in [7, 11) is 1.24. The third-order valence-corrected chi connectivity index (χ3v) is 2.04. The molecule has 6 heteroatoms. The fraction of sp³-hybridized carbons (Fsp3) is 0.500. The number of rotatable bonds is 5. The van der Waals surface area contributed by atoms with Gasteiger partial charge in [0.25, 0.3) is 0 Å². The fourth-order valence-electron chi connectivity index (χ4n) is 1.15. The van der Waals surface area contributed by atoms with Crippen LogP contribution in [0.4, 0.5) is 0 Å². The van der Waals surface area contributed by atoms with Crippen LogP contribution in [0, 0.1) is 0 Å². The zero-order valence-electron chi connectivity index (χ0n) is 9.30. The molecule has 0 saturated heterocycles. The number of carbonyl (C=O) groups excluding carboxylic acids is 1. The van der Waals surface area contributed by atoms with Crippen LogP contribution in [0.2, 0.25) is 0 Å². The van der Waals surface area contributed by atoms with Crippen molar-refractivity contribution in [3.05, 3.63) is 24.3 Å². The molecular weight excluding hydrogens is 210 g/mol. The van der Waals surface area contributed by atoms with E-state index in [9.17, 15) is 9.90 Å². The molecule has 1 unspecified atom stereocenters. The van der Waals surface area contributed by atoms with Crippen molar-refractivity contribution < 1.29 is 14.6 Å². The minimum atomic E-state index is -1.53. The van der Waals surface area contributed by atoms with Crippen molar-refractivity contribution in [3.8, 4) is 0 Å². The van der Waals surface area contributed by atoms with Crippen LogP contribution in [0.15, 0.2) is 18.6 Å². The number of hydrogen-bond donors (Lipinski definition) is 2. The van der Waals surface area contributed by atoms with Crippen LogP contribution in [0.3, 0.4) is 0 Å². The first-order valence-corrected chi connectivity index (χ1v) is 4.82. The Morgan fingerprint density at radius 1 is 1.69 bits per heavy atom. The van der Waals surface area contributed by atoms with E-state index < -0.39 is 11.6 Å². The summed E-state index contributed by atoms with van der Waals surface area (Å²) in [5, 5.41) is 12.6. The summed E-state index contributed by atoms with van der Waals surface area (Å²) in [6.45, 7) is 1.95. The molecule has 88 valence electrons. The molecule has 0 aliphatic heterocycles. The van der Waals surface area contributed by atoms with E-state index >= 15 is 0 Å². The Morgan fingerprint density at radius 2 is 2.44 bits per heavy atom. The molecule has 1 atom stereocenters. The van der Waals surface area contributed by atoms with Crippen molar-refractivity contribution in [2.75, 3.05) is 13.7 Å². The van der Waals surface area contributed by atoms with Gasteiger partial charge in [-0.2, -0.15) is 0 Å². The van der Waals surface area contributed by atoms with Gasteiger partial charge in [0.05, 0.1) is 12.8 Å². The summed E-state index contributed by atoms with van der Waals surface area (Å²) >= 11 is 0. The Labute approximate surface area is 93.7 Å². The van der Waals surface area contributed by atoms with Crippen LogP contribution in [-0.2, 0) is 16.1 Å². The van der Waals surface area contributed by atoms with Gasteiger partial charge in [0.1, 0.15) is 6.33 Å². The third-order valence-electron chi connectivity index (χ3n) is 2.04. The predicted molar refractivity (Wildman–Crippen MR) is 56.4 cm³/mol. The highest BCUT2D eigenvalue weighted by Crippen LogP contribution is 2.04. The van der Waals surface area contributed by atoms with E-state index in [1.54, 1.807) is 12.3 Å². The zero-order chi connectivity index (χ0) is 12.0. The summed E-state index contributed by atoms with van der Waals surface area (Å²) in [5.74, 6) is -0.664. The van der Waals surface area contributed by atoms with Gasteiger partial charge in [-0.05, 0) is 13.0 Å². The van der Waals surface area contributed by atoms with Crippen molar-refractivity contribution in [3.63, 3.8) is 0 Å². The lowest BCUT2D eigenvalue weighted by atomic mass is 10.1. The van der Waals surface area contributed by atoms with Gasteiger partial charge in [0, 0.05) is 19.3 Å². The van der Waals surface area contributed by atoms with E-state index in [2.05, 4.69) is 20.0 Å². The van der Waals surface area contributed by atoms with E-state index in [1.807, 2.05) is 0 Å². The predicted octanol–water partition coefficient (Wildman–Crippen LogP) is -0.510. The second kappa shape index (κ2) is 5.53. The number of hydrogen-bond acceptors (Lipinski definition) is 6. The summed E-state index contributed by atoms with van der Waals surface area (Å²) < 4.78 is 4.46. The van der Waals surface area contributed by atoms with E-state index in [0.29, 0.717) is 6.54 Å². The van der Waals surface area contributed by atoms with Crippen molar-refractivity contribution in [2.45, 2.75) is 19.1 Å². The van der Waals surface area contributed by atoms with Gasteiger partial charge in [-0.1, -0.05) is 0 Å². The molecule has 0 amide bonds. The molecule has 16 heavy (non-hydrogen) atoms. The van der Waals surface area contributed by atoms with Gasteiger partial charge < -0.3 is 15.2 Å². The lowest BCUT2D eigenvalue weighted by Gasteiger charge is -2.20.